The maximum Gasteiger partial charge on any atom is 0.199 e. The van der Waals surface area contributed by atoms with Crippen molar-refractivity contribution in [2.75, 3.05) is 7.11 Å². The van der Waals surface area contributed by atoms with Crippen LogP contribution in [-0.4, -0.2) is 28.2 Å². The predicted molar refractivity (Wildman–Crippen MR) is 91.4 cm³/mol. The Morgan fingerprint density at radius 1 is 1.31 bits per heavy atom. The van der Waals surface area contributed by atoms with Crippen molar-refractivity contribution in [3.05, 3.63) is 47.0 Å². The minimum atomic E-state index is -0.856. The molecule has 0 aliphatic carbocycles. The zero-order valence-electron chi connectivity index (χ0n) is 15.1. The Bertz CT molecular complexity index is 804. The minimum absolute atomic E-state index is 0.150. The van der Waals surface area contributed by atoms with Gasteiger partial charge in [0.05, 0.1) is 0 Å². The molecule has 1 aromatic carbocycles. The molecule has 2 aromatic rings. The molecule has 0 N–H and O–H groups in total. The highest BCUT2D eigenvalue weighted by atomic mass is 19.2. The van der Waals surface area contributed by atoms with Crippen LogP contribution in [-0.2, 0) is 21.7 Å². The van der Waals surface area contributed by atoms with Gasteiger partial charge in [0.2, 0.25) is 0 Å². The van der Waals surface area contributed by atoms with E-state index >= 15 is 0 Å². The molecule has 2 atom stereocenters. The van der Waals surface area contributed by atoms with E-state index in [1.807, 2.05) is 24.7 Å². The number of methoxy groups -OCH3 is 1. The van der Waals surface area contributed by atoms with Crippen LogP contribution >= 0.6 is 0 Å². The van der Waals surface area contributed by atoms with E-state index in [2.05, 4.69) is 10.2 Å². The van der Waals surface area contributed by atoms with E-state index in [1.165, 1.54) is 6.07 Å². The molecule has 139 valence electrons. The first kappa shape index (κ1) is 18.6. The van der Waals surface area contributed by atoms with Crippen molar-refractivity contribution in [1.29, 1.82) is 0 Å². The number of aromatic nitrogens is 3. The van der Waals surface area contributed by atoms with Crippen LogP contribution in [0.1, 0.15) is 62.2 Å². The summed E-state index contributed by atoms with van der Waals surface area (Å²) in [6, 6.07) is 4.24. The number of nitrogens with zero attached hydrogens (tertiary/aromatic N) is 3. The molecule has 1 aromatic heterocycles. The summed E-state index contributed by atoms with van der Waals surface area (Å²) in [6.07, 6.45) is 3.39. The third-order valence-electron chi connectivity index (χ3n) is 5.21. The molecule has 3 rings (SSSR count). The fourth-order valence-corrected chi connectivity index (χ4v) is 3.56. The highest BCUT2D eigenvalue weighted by molar-refractivity contribution is 5.52. The molecule has 26 heavy (non-hydrogen) atoms. The van der Waals surface area contributed by atoms with Crippen LogP contribution in [0, 0.1) is 11.6 Å². The molecule has 0 bridgehead atoms. The number of ether oxygens (including phenoxy) is 1. The molecule has 0 saturated heterocycles. The van der Waals surface area contributed by atoms with Crippen molar-refractivity contribution in [2.45, 2.75) is 57.1 Å². The molecule has 5 nitrogen and oxygen atoms in total. The molecule has 0 fully saturated rings. The van der Waals surface area contributed by atoms with Crippen LogP contribution in [0.4, 0.5) is 8.78 Å². The van der Waals surface area contributed by atoms with Crippen LogP contribution in [0.25, 0.3) is 0 Å². The van der Waals surface area contributed by atoms with E-state index in [0.29, 0.717) is 36.6 Å². The van der Waals surface area contributed by atoms with Crippen molar-refractivity contribution >= 4 is 6.29 Å². The third kappa shape index (κ3) is 3.28. The number of hydrogen-bond acceptors (Lipinski definition) is 4. The van der Waals surface area contributed by atoms with Crippen molar-refractivity contribution in [3.8, 4) is 0 Å². The molecule has 1 aliphatic rings. The van der Waals surface area contributed by atoms with Gasteiger partial charge in [0.1, 0.15) is 11.4 Å². The predicted octanol–water partition coefficient (Wildman–Crippen LogP) is 3.60. The molecule has 2 heterocycles. The highest BCUT2D eigenvalue weighted by Crippen LogP contribution is 2.38. The van der Waals surface area contributed by atoms with Crippen molar-refractivity contribution in [3.63, 3.8) is 0 Å². The molecule has 0 unspecified atom stereocenters. The first-order valence-electron chi connectivity index (χ1n) is 8.66. The maximum atomic E-state index is 14.4. The van der Waals surface area contributed by atoms with Gasteiger partial charge >= 0.3 is 0 Å². The molecule has 0 amide bonds. The van der Waals surface area contributed by atoms with E-state index < -0.39 is 17.2 Å². The summed E-state index contributed by atoms with van der Waals surface area (Å²) in [5.74, 6) is -0.792. The summed E-state index contributed by atoms with van der Waals surface area (Å²) in [4.78, 5) is 11.0. The van der Waals surface area contributed by atoms with Crippen LogP contribution in [0.5, 0.6) is 0 Å². The van der Waals surface area contributed by atoms with Gasteiger partial charge in [0.15, 0.2) is 23.7 Å². The summed E-state index contributed by atoms with van der Waals surface area (Å²) in [7, 11) is 1.58. The minimum Gasteiger partial charge on any atom is -0.371 e. The number of carbonyl (C=O) groups excluding carboxylic acids is 1. The first-order valence-corrected chi connectivity index (χ1v) is 8.66. The summed E-state index contributed by atoms with van der Waals surface area (Å²) in [5.41, 5.74) is -0.364. The molecular formula is C19H22F2N3O2. The largest absolute Gasteiger partial charge is 0.371 e. The second kappa shape index (κ2) is 7.23. The zero-order valence-corrected chi connectivity index (χ0v) is 15.1. The average Bonchev–Trinajstić information content (AvgIpc) is 2.96. The Balaban J connectivity index is 2.07. The van der Waals surface area contributed by atoms with Gasteiger partial charge in [0, 0.05) is 31.9 Å². The zero-order chi connectivity index (χ0) is 18.9. The van der Waals surface area contributed by atoms with E-state index in [9.17, 15) is 13.6 Å². The standard InChI is InChI=1S/C19H22F2N3O2/c1-19(2,26-3)18-23-22-17-12(9-10-25)7-8-13(11-24(17)18)14-5-4-6-15(20)16(14)21/h4-6,12-13H,7-9,11H2,1-3H3/t12-,13+/m0/s1. The maximum absolute atomic E-state index is 14.4. The van der Waals surface area contributed by atoms with Gasteiger partial charge in [-0.2, -0.15) is 0 Å². The van der Waals surface area contributed by atoms with E-state index in [1.54, 1.807) is 13.2 Å². The smallest absolute Gasteiger partial charge is 0.199 e. The summed E-state index contributed by atoms with van der Waals surface area (Å²) in [6.45, 7) is 4.14. The number of rotatable bonds is 5. The first-order chi connectivity index (χ1) is 12.4. The average molecular weight is 362 g/mol. The van der Waals surface area contributed by atoms with Crippen LogP contribution in [0.3, 0.4) is 0 Å². The van der Waals surface area contributed by atoms with Gasteiger partial charge in [-0.05, 0) is 38.3 Å². The van der Waals surface area contributed by atoms with Gasteiger partial charge in [-0.1, -0.05) is 12.1 Å². The van der Waals surface area contributed by atoms with Gasteiger partial charge in [-0.15, -0.1) is 10.2 Å². The fraction of sp³-hybridized carbons (Fsp3) is 0.526. The highest BCUT2D eigenvalue weighted by Gasteiger charge is 2.35. The van der Waals surface area contributed by atoms with E-state index in [0.717, 1.165) is 6.07 Å². The van der Waals surface area contributed by atoms with Crippen molar-refractivity contribution < 1.29 is 18.3 Å². The molecular weight excluding hydrogens is 340 g/mol. The van der Waals surface area contributed by atoms with Gasteiger partial charge in [0.25, 0.3) is 0 Å². The normalized spacial score (nSPS) is 20.5. The second-order valence-corrected chi connectivity index (χ2v) is 7.17. The monoisotopic (exact) mass is 362 g/mol. The lowest BCUT2D eigenvalue weighted by atomic mass is 9.90. The number of benzene rings is 1. The second-order valence-electron chi connectivity index (χ2n) is 7.17. The van der Waals surface area contributed by atoms with Crippen molar-refractivity contribution in [1.82, 2.24) is 14.8 Å². The van der Waals surface area contributed by atoms with Crippen LogP contribution < -0.4 is 0 Å². The van der Waals surface area contributed by atoms with Gasteiger partial charge < -0.3 is 9.30 Å². The quantitative estimate of drug-likeness (QED) is 0.815. The van der Waals surface area contributed by atoms with E-state index in [4.69, 9.17) is 4.74 Å². The van der Waals surface area contributed by atoms with Gasteiger partial charge in [-0.3, -0.25) is 4.79 Å². The van der Waals surface area contributed by atoms with E-state index in [-0.39, 0.29) is 18.3 Å². The van der Waals surface area contributed by atoms with Crippen molar-refractivity contribution in [2.24, 2.45) is 0 Å². The Morgan fingerprint density at radius 3 is 2.77 bits per heavy atom. The third-order valence-corrected chi connectivity index (χ3v) is 5.21. The molecule has 1 aliphatic heterocycles. The van der Waals surface area contributed by atoms with Crippen LogP contribution in [0.15, 0.2) is 18.2 Å². The Hall–Kier alpha value is -2.15. The Morgan fingerprint density at radius 2 is 2.08 bits per heavy atom. The fourth-order valence-electron chi connectivity index (χ4n) is 3.56. The lowest BCUT2D eigenvalue weighted by molar-refractivity contribution is 0.00787. The SMILES string of the molecule is COC(C)(C)c1nnc2n1C[C@H](c1cccc(F)c1F)CC[C@H]2C[C]=O. The molecule has 0 saturated carbocycles. The van der Waals surface area contributed by atoms with Crippen LogP contribution in [0.2, 0.25) is 0 Å². The Kier molecular flexibility index (Phi) is 5.18. The van der Waals surface area contributed by atoms with Gasteiger partial charge in [-0.25, -0.2) is 8.78 Å². The summed E-state index contributed by atoms with van der Waals surface area (Å²) < 4.78 is 35.5. The lowest BCUT2D eigenvalue weighted by Crippen LogP contribution is -2.27. The summed E-state index contributed by atoms with van der Waals surface area (Å²) >= 11 is 0. The molecule has 7 heteroatoms. The molecule has 1 radical (unpaired) electrons. The molecule has 0 spiro atoms. The topological polar surface area (TPSA) is 57.0 Å². The number of hydrogen-bond donors (Lipinski definition) is 0. The Labute approximate surface area is 151 Å². The number of fused-ring (bicyclic) bond motifs is 1. The lowest BCUT2D eigenvalue weighted by Gasteiger charge is -2.25. The summed E-state index contributed by atoms with van der Waals surface area (Å²) in [5, 5.41) is 8.56. The number of halogens is 2.